The van der Waals surface area contributed by atoms with Crippen molar-refractivity contribution < 1.29 is 9.18 Å². The third-order valence-corrected chi connectivity index (χ3v) is 6.05. The lowest BCUT2D eigenvalue weighted by atomic mass is 9.75. The van der Waals surface area contributed by atoms with Crippen molar-refractivity contribution in [2.75, 3.05) is 13.1 Å². The normalized spacial score (nSPS) is 15.8. The van der Waals surface area contributed by atoms with Crippen LogP contribution in [-0.2, 0) is 11.2 Å². The molecular weight excluding hydrogens is 439 g/mol. The van der Waals surface area contributed by atoms with Crippen molar-refractivity contribution in [1.82, 2.24) is 14.9 Å². The maximum Gasteiger partial charge on any atom is 0.254 e. The van der Waals surface area contributed by atoms with Gasteiger partial charge in [-0.15, -0.1) is 0 Å². The van der Waals surface area contributed by atoms with Gasteiger partial charge >= 0.3 is 0 Å². The van der Waals surface area contributed by atoms with Crippen LogP contribution in [0.4, 0.5) is 4.39 Å². The van der Waals surface area contributed by atoms with E-state index >= 15 is 0 Å². The number of amides is 1. The van der Waals surface area contributed by atoms with Crippen molar-refractivity contribution in [2.45, 2.75) is 53.4 Å². The molecule has 1 aromatic heterocycles. The van der Waals surface area contributed by atoms with Crippen LogP contribution in [0.2, 0.25) is 0 Å². The standard InChI is InChI=1S/C27H29FN4O.C2H6/c1-3-4-5-6-7-24(21(2)25-12-15-30-20-31-25)26(33)32-16-13-27(19-29,14-17-32)18-22-8-10-23(28)11-9-22;1-2/h4-12,15,20H,3,13-14,16-18H2,1-2H3;1-2H3/b5-4+,7-6-,24-21-;. The van der Waals surface area contributed by atoms with Crippen molar-refractivity contribution in [2.24, 2.45) is 5.41 Å². The van der Waals surface area contributed by atoms with E-state index in [9.17, 15) is 14.4 Å². The van der Waals surface area contributed by atoms with Gasteiger partial charge in [-0.3, -0.25) is 4.79 Å². The predicted molar refractivity (Wildman–Crippen MR) is 139 cm³/mol. The van der Waals surface area contributed by atoms with Crippen molar-refractivity contribution in [3.05, 3.63) is 89.8 Å². The van der Waals surface area contributed by atoms with Gasteiger partial charge < -0.3 is 4.90 Å². The summed E-state index contributed by atoms with van der Waals surface area (Å²) in [5, 5.41) is 9.93. The number of likely N-dealkylation sites (tertiary alicyclic amines) is 1. The Morgan fingerprint density at radius 2 is 1.86 bits per heavy atom. The number of nitrogens with zero attached hydrogens (tertiary/aromatic N) is 4. The number of carbonyl (C=O) groups excluding carboxylic acids is 1. The zero-order chi connectivity index (χ0) is 25.7. The number of aromatic nitrogens is 2. The first-order chi connectivity index (χ1) is 17.0. The molecule has 0 bridgehead atoms. The monoisotopic (exact) mass is 474 g/mol. The first-order valence-electron chi connectivity index (χ1n) is 12.2. The van der Waals surface area contributed by atoms with E-state index in [0.717, 1.165) is 17.6 Å². The van der Waals surface area contributed by atoms with Crippen LogP contribution >= 0.6 is 0 Å². The first-order valence-corrected chi connectivity index (χ1v) is 12.2. The molecule has 3 rings (SSSR count). The summed E-state index contributed by atoms with van der Waals surface area (Å²) in [5.74, 6) is -0.356. The molecule has 2 aromatic rings. The summed E-state index contributed by atoms with van der Waals surface area (Å²) in [6.45, 7) is 8.93. The van der Waals surface area contributed by atoms with Crippen LogP contribution in [0.1, 0.15) is 58.2 Å². The molecule has 2 heterocycles. The molecule has 1 aromatic carbocycles. The SMILES string of the molecule is CC.CC/C=C/C=C\C(C(=O)N1CCC(C#N)(Cc2ccc(F)cc2)CC1)=C(/C)c1ccncn1. The summed E-state index contributed by atoms with van der Waals surface area (Å²) in [6.07, 6.45) is 13.4. The Kier molecular flexibility index (Phi) is 11.0. The number of allylic oxidation sites excluding steroid dienone is 4. The minimum atomic E-state index is -0.556. The van der Waals surface area contributed by atoms with E-state index in [1.165, 1.54) is 18.5 Å². The average Bonchev–Trinajstić information content (AvgIpc) is 2.91. The van der Waals surface area contributed by atoms with E-state index < -0.39 is 5.41 Å². The molecule has 1 aliphatic rings. The number of hydrogen-bond acceptors (Lipinski definition) is 4. The molecule has 1 aliphatic heterocycles. The Morgan fingerprint density at radius 1 is 1.17 bits per heavy atom. The quantitative estimate of drug-likeness (QED) is 0.348. The molecule has 0 radical (unpaired) electrons. The summed E-state index contributed by atoms with van der Waals surface area (Å²) in [5.41, 5.74) is 2.45. The number of rotatable bonds is 7. The Labute approximate surface area is 208 Å². The van der Waals surface area contributed by atoms with Crippen LogP contribution in [0.3, 0.4) is 0 Å². The van der Waals surface area contributed by atoms with Gasteiger partial charge in [-0.05, 0) is 68.0 Å². The fraction of sp³-hybridized carbons (Fsp3) is 0.379. The summed E-state index contributed by atoms with van der Waals surface area (Å²) in [4.78, 5) is 23.6. The van der Waals surface area contributed by atoms with Crippen molar-refractivity contribution in [3.63, 3.8) is 0 Å². The van der Waals surface area contributed by atoms with Gasteiger partial charge in [0.15, 0.2) is 0 Å². The topological polar surface area (TPSA) is 69.9 Å². The summed E-state index contributed by atoms with van der Waals surface area (Å²) in [6, 6.07) is 10.6. The molecule has 0 saturated carbocycles. The van der Waals surface area contributed by atoms with Gasteiger partial charge in [-0.2, -0.15) is 5.26 Å². The van der Waals surface area contributed by atoms with Gasteiger partial charge in [0.05, 0.1) is 17.2 Å². The highest BCUT2D eigenvalue weighted by Crippen LogP contribution is 2.35. The van der Waals surface area contributed by atoms with Gasteiger partial charge in [-0.1, -0.05) is 51.1 Å². The Balaban J connectivity index is 0.00000210. The minimum absolute atomic E-state index is 0.0689. The molecule has 35 heavy (non-hydrogen) atoms. The zero-order valence-electron chi connectivity index (χ0n) is 21.2. The number of nitriles is 1. The number of halogens is 1. The van der Waals surface area contributed by atoms with Crippen molar-refractivity contribution in [1.29, 1.82) is 5.26 Å². The molecule has 6 heteroatoms. The van der Waals surface area contributed by atoms with Gasteiger partial charge in [0.1, 0.15) is 12.1 Å². The molecule has 1 amide bonds. The molecule has 0 atom stereocenters. The average molecular weight is 475 g/mol. The summed E-state index contributed by atoms with van der Waals surface area (Å²) in [7, 11) is 0. The van der Waals surface area contributed by atoms with Gasteiger partial charge in [0.2, 0.25) is 0 Å². The number of piperidine rings is 1. The maximum absolute atomic E-state index is 13.5. The first kappa shape index (κ1) is 27.7. The molecule has 0 spiro atoms. The third-order valence-electron chi connectivity index (χ3n) is 6.05. The highest BCUT2D eigenvalue weighted by molar-refractivity contribution is 6.03. The molecule has 0 N–H and O–H groups in total. The van der Waals surface area contributed by atoms with Crippen LogP contribution in [-0.4, -0.2) is 33.9 Å². The van der Waals surface area contributed by atoms with E-state index in [1.54, 1.807) is 24.4 Å². The molecule has 1 fully saturated rings. The lowest BCUT2D eigenvalue weighted by Gasteiger charge is -2.37. The fourth-order valence-electron chi connectivity index (χ4n) is 4.00. The summed E-state index contributed by atoms with van der Waals surface area (Å²) < 4.78 is 13.2. The van der Waals surface area contributed by atoms with Crippen LogP contribution in [0, 0.1) is 22.6 Å². The largest absolute Gasteiger partial charge is 0.339 e. The zero-order valence-corrected chi connectivity index (χ0v) is 21.2. The highest BCUT2D eigenvalue weighted by Gasteiger charge is 2.37. The maximum atomic E-state index is 13.5. The molecule has 0 unspecified atom stereocenters. The molecule has 5 nitrogen and oxygen atoms in total. The van der Waals surface area contributed by atoms with Gasteiger partial charge in [0, 0.05) is 24.9 Å². The van der Waals surface area contributed by atoms with E-state index in [4.69, 9.17) is 0 Å². The lowest BCUT2D eigenvalue weighted by Crippen LogP contribution is -2.44. The second-order valence-corrected chi connectivity index (χ2v) is 8.32. The highest BCUT2D eigenvalue weighted by atomic mass is 19.1. The number of carbonyl (C=O) groups is 1. The van der Waals surface area contributed by atoms with Crippen LogP contribution < -0.4 is 0 Å². The van der Waals surface area contributed by atoms with E-state index in [-0.39, 0.29) is 11.7 Å². The summed E-state index contributed by atoms with van der Waals surface area (Å²) >= 11 is 0. The number of benzene rings is 1. The smallest absolute Gasteiger partial charge is 0.254 e. The second-order valence-electron chi connectivity index (χ2n) is 8.32. The minimum Gasteiger partial charge on any atom is -0.339 e. The molecule has 1 saturated heterocycles. The molecular formula is C29H35FN4O. The Morgan fingerprint density at radius 3 is 2.43 bits per heavy atom. The Hall–Kier alpha value is -3.59. The van der Waals surface area contributed by atoms with Gasteiger partial charge in [-0.25, -0.2) is 14.4 Å². The van der Waals surface area contributed by atoms with Crippen LogP contribution in [0.5, 0.6) is 0 Å². The predicted octanol–water partition coefficient (Wildman–Crippen LogP) is 6.31. The lowest BCUT2D eigenvalue weighted by molar-refractivity contribution is -0.128. The van der Waals surface area contributed by atoms with Gasteiger partial charge in [0.25, 0.3) is 5.91 Å². The third kappa shape index (κ3) is 7.71. The molecule has 0 aliphatic carbocycles. The van der Waals surface area contributed by atoms with Crippen molar-refractivity contribution >= 4 is 11.5 Å². The van der Waals surface area contributed by atoms with E-state index in [2.05, 4.69) is 23.0 Å². The van der Waals surface area contributed by atoms with E-state index in [0.29, 0.717) is 43.6 Å². The fourth-order valence-corrected chi connectivity index (χ4v) is 4.00. The van der Waals surface area contributed by atoms with Crippen molar-refractivity contribution in [3.8, 4) is 6.07 Å². The second kappa shape index (κ2) is 14.0. The van der Waals surface area contributed by atoms with Crippen LogP contribution in [0.15, 0.2) is 72.7 Å². The Bertz CT molecular complexity index is 1070. The molecule has 184 valence electrons. The van der Waals surface area contributed by atoms with Crippen LogP contribution in [0.25, 0.3) is 5.57 Å². The van der Waals surface area contributed by atoms with E-state index in [1.807, 2.05) is 50.0 Å². The number of hydrogen-bond donors (Lipinski definition) is 0.